The fourth-order valence-electron chi connectivity index (χ4n) is 4.30. The van der Waals surface area contributed by atoms with Crippen LogP contribution in [0.2, 0.25) is 5.02 Å². The number of nitrogens with zero attached hydrogens (tertiary/aromatic N) is 3. The molecule has 9 heteroatoms. The number of pyridine rings is 1. The van der Waals surface area contributed by atoms with E-state index in [1.807, 2.05) is 44.5 Å². The molecule has 4 rings (SSSR count). The van der Waals surface area contributed by atoms with Gasteiger partial charge in [0.15, 0.2) is 0 Å². The van der Waals surface area contributed by atoms with Crippen LogP contribution in [0.4, 0.5) is 4.79 Å². The van der Waals surface area contributed by atoms with E-state index in [0.29, 0.717) is 42.0 Å². The maximum Gasteiger partial charge on any atom is 0.407 e. The van der Waals surface area contributed by atoms with Gasteiger partial charge in [0.2, 0.25) is 0 Å². The predicted molar refractivity (Wildman–Crippen MR) is 129 cm³/mol. The zero-order chi connectivity index (χ0) is 23.8. The van der Waals surface area contributed by atoms with Crippen LogP contribution in [-0.4, -0.2) is 39.2 Å². The minimum absolute atomic E-state index is 0.114. The number of hydrogen-bond acceptors (Lipinski definition) is 5. The SMILES string of the molecule is Cc1c2c(=O)n(CCCNC(=O)OC(C)(C)C)c3cc(Cl)ccc3c2nn1C1CCCCO1. The molecule has 3 heterocycles. The Labute approximate surface area is 197 Å². The molecule has 0 aliphatic carbocycles. The van der Waals surface area contributed by atoms with E-state index in [0.717, 1.165) is 35.9 Å². The Morgan fingerprint density at radius 2 is 2.12 bits per heavy atom. The van der Waals surface area contributed by atoms with Gasteiger partial charge in [-0.15, -0.1) is 0 Å². The van der Waals surface area contributed by atoms with Gasteiger partial charge in [-0.1, -0.05) is 11.6 Å². The smallest absolute Gasteiger partial charge is 0.407 e. The highest BCUT2D eigenvalue weighted by Crippen LogP contribution is 2.30. The lowest BCUT2D eigenvalue weighted by atomic mass is 10.1. The molecule has 1 atom stereocenters. The zero-order valence-corrected chi connectivity index (χ0v) is 20.4. The van der Waals surface area contributed by atoms with Gasteiger partial charge in [0.05, 0.1) is 16.6 Å². The first kappa shape index (κ1) is 23.6. The average Bonchev–Trinajstić information content (AvgIpc) is 3.10. The summed E-state index contributed by atoms with van der Waals surface area (Å²) >= 11 is 6.28. The topological polar surface area (TPSA) is 87.4 Å². The molecule has 33 heavy (non-hydrogen) atoms. The van der Waals surface area contributed by atoms with Crippen LogP contribution in [0.5, 0.6) is 0 Å². The molecule has 2 aromatic heterocycles. The van der Waals surface area contributed by atoms with Gasteiger partial charge in [0, 0.05) is 30.1 Å². The molecule has 178 valence electrons. The standard InChI is InChI=1S/C24H31ClN4O4/c1-15-20-21(27-29(15)19-8-5-6-13-32-19)17-10-9-16(25)14-18(17)28(22(20)30)12-7-11-26-23(31)33-24(2,3)4/h9-10,14,19H,5-8,11-13H2,1-4H3,(H,26,31). The fraction of sp³-hybridized carbons (Fsp3) is 0.542. The van der Waals surface area contributed by atoms with Crippen molar-refractivity contribution in [2.75, 3.05) is 13.2 Å². The number of halogens is 1. The van der Waals surface area contributed by atoms with Crippen LogP contribution < -0.4 is 10.9 Å². The number of alkyl carbamates (subject to hydrolysis) is 1. The molecule has 0 spiro atoms. The fourth-order valence-corrected chi connectivity index (χ4v) is 4.46. The second-order valence-electron chi connectivity index (χ2n) is 9.48. The van der Waals surface area contributed by atoms with Crippen molar-refractivity contribution in [3.05, 3.63) is 39.3 Å². The number of carbonyl (C=O) groups excluding carboxylic acids is 1. The third-order valence-corrected chi connectivity index (χ3v) is 6.00. The lowest BCUT2D eigenvalue weighted by molar-refractivity contribution is -0.0402. The van der Waals surface area contributed by atoms with E-state index in [1.54, 1.807) is 10.6 Å². The molecular formula is C24H31ClN4O4. The van der Waals surface area contributed by atoms with E-state index in [-0.39, 0.29) is 11.8 Å². The number of nitrogens with one attached hydrogen (secondary N) is 1. The Balaban J connectivity index is 1.67. The molecule has 3 aromatic rings. The van der Waals surface area contributed by atoms with Crippen LogP contribution in [-0.2, 0) is 16.0 Å². The summed E-state index contributed by atoms with van der Waals surface area (Å²) in [4.78, 5) is 25.5. The van der Waals surface area contributed by atoms with E-state index in [9.17, 15) is 9.59 Å². The first-order chi connectivity index (χ1) is 15.7. The predicted octanol–water partition coefficient (Wildman–Crippen LogP) is 4.93. The van der Waals surface area contributed by atoms with E-state index < -0.39 is 11.7 Å². The Morgan fingerprint density at radius 3 is 2.82 bits per heavy atom. The van der Waals surface area contributed by atoms with Crippen LogP contribution >= 0.6 is 11.6 Å². The number of rotatable bonds is 5. The highest BCUT2D eigenvalue weighted by Gasteiger charge is 2.24. The summed E-state index contributed by atoms with van der Waals surface area (Å²) in [6.07, 6.45) is 2.93. The molecule has 0 saturated carbocycles. The van der Waals surface area contributed by atoms with Gasteiger partial charge in [0.25, 0.3) is 5.56 Å². The lowest BCUT2D eigenvalue weighted by Crippen LogP contribution is -2.33. The van der Waals surface area contributed by atoms with Crippen molar-refractivity contribution >= 4 is 39.5 Å². The molecule has 1 aromatic carbocycles. The zero-order valence-electron chi connectivity index (χ0n) is 19.6. The van der Waals surface area contributed by atoms with Crippen LogP contribution in [0, 0.1) is 6.92 Å². The number of benzene rings is 1. The first-order valence-electron chi connectivity index (χ1n) is 11.4. The van der Waals surface area contributed by atoms with Crippen molar-refractivity contribution in [3.63, 3.8) is 0 Å². The largest absolute Gasteiger partial charge is 0.444 e. The first-order valence-corrected chi connectivity index (χ1v) is 11.8. The number of amides is 1. The molecular weight excluding hydrogens is 444 g/mol. The number of hydrogen-bond donors (Lipinski definition) is 1. The third kappa shape index (κ3) is 5.01. The number of aryl methyl sites for hydroxylation is 2. The highest BCUT2D eigenvalue weighted by atomic mass is 35.5. The Kier molecular flexibility index (Phi) is 6.68. The van der Waals surface area contributed by atoms with Gasteiger partial charge in [-0.25, -0.2) is 9.48 Å². The number of carbonyl (C=O) groups is 1. The summed E-state index contributed by atoms with van der Waals surface area (Å²) in [5, 5.41) is 9.57. The van der Waals surface area contributed by atoms with Crippen molar-refractivity contribution < 1.29 is 14.3 Å². The maximum absolute atomic E-state index is 13.6. The summed E-state index contributed by atoms with van der Waals surface area (Å²) in [7, 11) is 0. The van der Waals surface area contributed by atoms with Crippen molar-refractivity contribution in [2.45, 2.75) is 71.8 Å². The maximum atomic E-state index is 13.6. The molecule has 1 amide bonds. The van der Waals surface area contributed by atoms with Crippen LogP contribution in [0.3, 0.4) is 0 Å². The van der Waals surface area contributed by atoms with Gasteiger partial charge in [-0.3, -0.25) is 4.79 Å². The molecule has 1 N–H and O–H groups in total. The minimum Gasteiger partial charge on any atom is -0.444 e. The van der Waals surface area contributed by atoms with Crippen molar-refractivity contribution in [2.24, 2.45) is 0 Å². The van der Waals surface area contributed by atoms with Crippen molar-refractivity contribution in [3.8, 4) is 0 Å². The van der Waals surface area contributed by atoms with Gasteiger partial charge in [0.1, 0.15) is 17.3 Å². The number of aromatic nitrogens is 3. The molecule has 1 fully saturated rings. The van der Waals surface area contributed by atoms with E-state index >= 15 is 0 Å². The quantitative estimate of drug-likeness (QED) is 0.530. The molecule has 1 aliphatic heterocycles. The van der Waals surface area contributed by atoms with Gasteiger partial charge >= 0.3 is 6.09 Å². The summed E-state index contributed by atoms with van der Waals surface area (Å²) in [5.74, 6) is 0. The average molecular weight is 475 g/mol. The molecule has 1 saturated heterocycles. The van der Waals surface area contributed by atoms with E-state index in [4.69, 9.17) is 26.2 Å². The van der Waals surface area contributed by atoms with Crippen molar-refractivity contribution in [1.82, 2.24) is 19.7 Å². The summed E-state index contributed by atoms with van der Waals surface area (Å²) in [6.45, 7) is 8.88. The van der Waals surface area contributed by atoms with Gasteiger partial charge in [-0.05, 0) is 71.6 Å². The van der Waals surface area contributed by atoms with E-state index in [1.165, 1.54) is 0 Å². The minimum atomic E-state index is -0.557. The Bertz CT molecular complexity index is 1240. The highest BCUT2D eigenvalue weighted by molar-refractivity contribution is 6.31. The van der Waals surface area contributed by atoms with Crippen LogP contribution in [0.25, 0.3) is 21.8 Å². The Morgan fingerprint density at radius 1 is 1.33 bits per heavy atom. The van der Waals surface area contributed by atoms with Crippen LogP contribution in [0.1, 0.15) is 58.4 Å². The molecule has 1 aliphatic rings. The van der Waals surface area contributed by atoms with Crippen molar-refractivity contribution in [1.29, 1.82) is 0 Å². The summed E-state index contributed by atoms with van der Waals surface area (Å²) in [6, 6.07) is 5.52. The molecule has 0 radical (unpaired) electrons. The van der Waals surface area contributed by atoms with Crippen LogP contribution in [0.15, 0.2) is 23.0 Å². The second-order valence-corrected chi connectivity index (χ2v) is 9.91. The summed E-state index contributed by atoms with van der Waals surface area (Å²) < 4.78 is 14.8. The Hall–Kier alpha value is -2.58. The monoisotopic (exact) mass is 474 g/mol. The summed E-state index contributed by atoms with van der Waals surface area (Å²) in [5.41, 5.74) is 1.53. The second kappa shape index (κ2) is 9.35. The van der Waals surface area contributed by atoms with E-state index in [2.05, 4.69) is 5.32 Å². The molecule has 0 bridgehead atoms. The number of ether oxygens (including phenoxy) is 2. The molecule has 1 unspecified atom stereocenters. The van der Waals surface area contributed by atoms with Gasteiger partial charge < -0.3 is 19.4 Å². The lowest BCUT2D eigenvalue weighted by Gasteiger charge is -2.23. The normalized spacial score (nSPS) is 16.9. The molecule has 8 nitrogen and oxygen atoms in total. The van der Waals surface area contributed by atoms with Gasteiger partial charge in [-0.2, -0.15) is 5.10 Å². The third-order valence-electron chi connectivity index (χ3n) is 5.77. The number of fused-ring (bicyclic) bond motifs is 3.